The van der Waals surface area contributed by atoms with Crippen LogP contribution in [0.4, 0.5) is 0 Å². The minimum absolute atomic E-state index is 0.511. The lowest BCUT2D eigenvalue weighted by atomic mass is 10.1. The summed E-state index contributed by atoms with van der Waals surface area (Å²) in [5, 5.41) is 12.9. The van der Waals surface area contributed by atoms with Crippen LogP contribution < -0.4 is 10.1 Å². The molecule has 1 atom stereocenters. The first-order valence-electron chi connectivity index (χ1n) is 6.80. The van der Waals surface area contributed by atoms with E-state index in [1.165, 1.54) is 5.56 Å². The van der Waals surface area contributed by atoms with Gasteiger partial charge in [-0.1, -0.05) is 42.0 Å². The molecule has 0 saturated heterocycles. The Kier molecular flexibility index (Phi) is 5.16. The van der Waals surface area contributed by atoms with Crippen LogP contribution >= 0.6 is 0 Å². The summed E-state index contributed by atoms with van der Waals surface area (Å²) < 4.78 is 5.77. The molecule has 2 N–H and O–H groups in total. The minimum Gasteiger partial charge on any atom is -0.489 e. The highest BCUT2D eigenvalue weighted by Gasteiger charge is 2.07. The topological polar surface area (TPSA) is 41.5 Å². The number of rotatable bonds is 6. The summed E-state index contributed by atoms with van der Waals surface area (Å²) in [6.45, 7) is 3.13. The SMILES string of the molecule is CNCC(O)c1cccc(OCc2ccc(C)cc2)c1. The molecule has 0 saturated carbocycles. The van der Waals surface area contributed by atoms with Crippen LogP contribution in [0.25, 0.3) is 0 Å². The predicted octanol–water partition coefficient (Wildman–Crippen LogP) is 2.83. The first-order chi connectivity index (χ1) is 9.69. The van der Waals surface area contributed by atoms with Crippen molar-refractivity contribution in [2.24, 2.45) is 0 Å². The summed E-state index contributed by atoms with van der Waals surface area (Å²) >= 11 is 0. The van der Waals surface area contributed by atoms with Crippen molar-refractivity contribution in [2.75, 3.05) is 13.6 Å². The molecule has 0 amide bonds. The van der Waals surface area contributed by atoms with E-state index < -0.39 is 6.10 Å². The van der Waals surface area contributed by atoms with Crippen molar-refractivity contribution in [2.45, 2.75) is 19.6 Å². The highest BCUT2D eigenvalue weighted by molar-refractivity contribution is 5.30. The fraction of sp³-hybridized carbons (Fsp3) is 0.294. The van der Waals surface area contributed by atoms with Gasteiger partial charge in [0.2, 0.25) is 0 Å². The van der Waals surface area contributed by atoms with Gasteiger partial charge in [-0.15, -0.1) is 0 Å². The zero-order chi connectivity index (χ0) is 14.4. The smallest absolute Gasteiger partial charge is 0.120 e. The lowest BCUT2D eigenvalue weighted by Crippen LogP contribution is -2.16. The molecule has 0 spiro atoms. The zero-order valence-corrected chi connectivity index (χ0v) is 12.0. The van der Waals surface area contributed by atoms with Crippen LogP contribution in [0.2, 0.25) is 0 Å². The second-order valence-electron chi connectivity index (χ2n) is 4.92. The van der Waals surface area contributed by atoms with E-state index in [9.17, 15) is 5.11 Å². The molecule has 0 aliphatic rings. The summed E-state index contributed by atoms with van der Waals surface area (Å²) in [6.07, 6.45) is -0.511. The van der Waals surface area contributed by atoms with E-state index in [0.29, 0.717) is 13.2 Å². The molecule has 0 aliphatic carbocycles. The second kappa shape index (κ2) is 7.08. The van der Waals surface area contributed by atoms with Crippen LogP contribution in [-0.4, -0.2) is 18.7 Å². The Morgan fingerprint density at radius 1 is 1.15 bits per heavy atom. The van der Waals surface area contributed by atoms with E-state index in [4.69, 9.17) is 4.74 Å². The largest absolute Gasteiger partial charge is 0.489 e. The van der Waals surface area contributed by atoms with Crippen LogP contribution in [0.3, 0.4) is 0 Å². The average molecular weight is 271 g/mol. The monoisotopic (exact) mass is 271 g/mol. The molecule has 0 aromatic heterocycles. The standard InChI is InChI=1S/C17H21NO2/c1-13-6-8-14(9-7-13)12-20-16-5-3-4-15(10-16)17(19)11-18-2/h3-10,17-19H,11-12H2,1-2H3. The lowest BCUT2D eigenvalue weighted by molar-refractivity contribution is 0.177. The molecule has 3 heteroatoms. The third-order valence-corrected chi connectivity index (χ3v) is 3.17. The Labute approximate surface area is 120 Å². The summed E-state index contributed by atoms with van der Waals surface area (Å²) in [5.74, 6) is 0.776. The van der Waals surface area contributed by atoms with Gasteiger partial charge in [-0.25, -0.2) is 0 Å². The van der Waals surface area contributed by atoms with E-state index in [2.05, 4.69) is 36.5 Å². The van der Waals surface area contributed by atoms with Gasteiger partial charge in [-0.05, 0) is 37.2 Å². The number of hydrogen-bond acceptors (Lipinski definition) is 3. The molecule has 1 unspecified atom stereocenters. The molecule has 0 heterocycles. The highest BCUT2D eigenvalue weighted by atomic mass is 16.5. The number of nitrogens with one attached hydrogen (secondary N) is 1. The Morgan fingerprint density at radius 2 is 1.90 bits per heavy atom. The van der Waals surface area contributed by atoms with Crippen molar-refractivity contribution in [1.29, 1.82) is 0 Å². The fourth-order valence-electron chi connectivity index (χ4n) is 1.97. The predicted molar refractivity (Wildman–Crippen MR) is 80.8 cm³/mol. The highest BCUT2D eigenvalue weighted by Crippen LogP contribution is 2.20. The van der Waals surface area contributed by atoms with Gasteiger partial charge in [0.05, 0.1) is 6.10 Å². The molecule has 2 aromatic rings. The van der Waals surface area contributed by atoms with E-state index in [1.54, 1.807) is 0 Å². The van der Waals surface area contributed by atoms with Gasteiger partial charge in [0.15, 0.2) is 0 Å². The van der Waals surface area contributed by atoms with E-state index in [1.807, 2.05) is 31.3 Å². The van der Waals surface area contributed by atoms with Crippen molar-refractivity contribution in [3.05, 3.63) is 65.2 Å². The number of aliphatic hydroxyl groups is 1. The summed E-state index contributed by atoms with van der Waals surface area (Å²) in [7, 11) is 1.82. The maximum Gasteiger partial charge on any atom is 0.120 e. The number of aliphatic hydroxyl groups excluding tert-OH is 1. The Balaban J connectivity index is 1.99. The van der Waals surface area contributed by atoms with Crippen LogP contribution in [-0.2, 0) is 6.61 Å². The zero-order valence-electron chi connectivity index (χ0n) is 12.0. The molecule has 3 nitrogen and oxygen atoms in total. The molecule has 2 aromatic carbocycles. The normalized spacial score (nSPS) is 12.2. The summed E-state index contributed by atoms with van der Waals surface area (Å²) in [6, 6.07) is 15.9. The quantitative estimate of drug-likeness (QED) is 0.849. The van der Waals surface area contributed by atoms with Crippen molar-refractivity contribution in [3.63, 3.8) is 0 Å². The van der Waals surface area contributed by atoms with Crippen LogP contribution in [0, 0.1) is 6.92 Å². The molecule has 0 fully saturated rings. The van der Waals surface area contributed by atoms with Crippen molar-refractivity contribution in [1.82, 2.24) is 5.32 Å². The number of likely N-dealkylation sites (N-methyl/N-ethyl adjacent to an activating group) is 1. The molecular weight excluding hydrogens is 250 g/mol. The van der Waals surface area contributed by atoms with Gasteiger partial charge in [0, 0.05) is 6.54 Å². The molecule has 2 rings (SSSR count). The Hall–Kier alpha value is -1.84. The Morgan fingerprint density at radius 3 is 2.60 bits per heavy atom. The third kappa shape index (κ3) is 4.08. The molecule has 106 valence electrons. The summed E-state index contributed by atoms with van der Waals surface area (Å²) in [5.41, 5.74) is 3.24. The fourth-order valence-corrected chi connectivity index (χ4v) is 1.97. The molecule has 0 aliphatic heterocycles. The van der Waals surface area contributed by atoms with E-state index in [0.717, 1.165) is 16.9 Å². The lowest BCUT2D eigenvalue weighted by Gasteiger charge is -2.12. The van der Waals surface area contributed by atoms with Gasteiger partial charge in [-0.3, -0.25) is 0 Å². The number of ether oxygens (including phenoxy) is 1. The van der Waals surface area contributed by atoms with Gasteiger partial charge >= 0.3 is 0 Å². The average Bonchev–Trinajstić information content (AvgIpc) is 2.47. The van der Waals surface area contributed by atoms with Crippen LogP contribution in [0.15, 0.2) is 48.5 Å². The van der Waals surface area contributed by atoms with Gasteiger partial charge in [0.1, 0.15) is 12.4 Å². The molecule has 20 heavy (non-hydrogen) atoms. The van der Waals surface area contributed by atoms with E-state index >= 15 is 0 Å². The Bertz CT molecular complexity index is 537. The van der Waals surface area contributed by atoms with E-state index in [-0.39, 0.29) is 0 Å². The van der Waals surface area contributed by atoms with Crippen molar-refractivity contribution >= 4 is 0 Å². The van der Waals surface area contributed by atoms with Gasteiger partial charge < -0.3 is 15.2 Å². The first kappa shape index (κ1) is 14.6. The number of hydrogen-bond donors (Lipinski definition) is 2. The van der Waals surface area contributed by atoms with Gasteiger partial charge in [0.25, 0.3) is 0 Å². The molecular formula is C17H21NO2. The maximum atomic E-state index is 9.94. The van der Waals surface area contributed by atoms with Crippen molar-refractivity contribution in [3.8, 4) is 5.75 Å². The van der Waals surface area contributed by atoms with Gasteiger partial charge in [-0.2, -0.15) is 0 Å². The molecule has 0 bridgehead atoms. The number of benzene rings is 2. The van der Waals surface area contributed by atoms with Crippen LogP contribution in [0.1, 0.15) is 22.8 Å². The number of aryl methyl sites for hydroxylation is 1. The first-order valence-corrected chi connectivity index (χ1v) is 6.80. The molecule has 0 radical (unpaired) electrons. The van der Waals surface area contributed by atoms with Crippen molar-refractivity contribution < 1.29 is 9.84 Å². The second-order valence-corrected chi connectivity index (χ2v) is 4.92. The summed E-state index contributed by atoms with van der Waals surface area (Å²) in [4.78, 5) is 0. The van der Waals surface area contributed by atoms with Crippen LogP contribution in [0.5, 0.6) is 5.75 Å². The minimum atomic E-state index is -0.511. The maximum absolute atomic E-state index is 9.94. The third-order valence-electron chi connectivity index (χ3n) is 3.17.